The average Bonchev–Trinajstić information content (AvgIpc) is 2.73. The summed E-state index contributed by atoms with van der Waals surface area (Å²) in [5, 5.41) is 12.6. The predicted octanol–water partition coefficient (Wildman–Crippen LogP) is 1.41. The van der Waals surface area contributed by atoms with Gasteiger partial charge in [0.15, 0.2) is 0 Å². The number of nitrogens with one attached hydrogen (secondary N) is 1. The summed E-state index contributed by atoms with van der Waals surface area (Å²) < 4.78 is 5.49. The number of hydrogen-bond donors (Lipinski definition) is 2. The molecule has 5 heteroatoms. The van der Waals surface area contributed by atoms with Gasteiger partial charge in [0.2, 0.25) is 5.91 Å². The molecule has 1 aromatic carbocycles. The standard InChI is InChI=1S/C17H24N2O3/c1-22-17(12-20)8-10-19(11-9-17)15-7-6-13-4-2-3-5-14(13)18-16(15)21/h2-5,15,20H,6-12H2,1H3,(H,18,21). The van der Waals surface area contributed by atoms with Crippen LogP contribution in [-0.2, 0) is 16.0 Å². The summed E-state index contributed by atoms with van der Waals surface area (Å²) in [6, 6.07) is 7.92. The van der Waals surface area contributed by atoms with Crippen LogP contribution in [0.2, 0.25) is 0 Å². The van der Waals surface area contributed by atoms with Crippen LogP contribution in [0.4, 0.5) is 5.69 Å². The van der Waals surface area contributed by atoms with Gasteiger partial charge in [-0.25, -0.2) is 0 Å². The summed E-state index contributed by atoms with van der Waals surface area (Å²) in [5.74, 6) is 0.0823. The van der Waals surface area contributed by atoms with E-state index < -0.39 is 5.60 Å². The lowest BCUT2D eigenvalue weighted by molar-refractivity contribution is -0.126. The number of para-hydroxylation sites is 1. The molecule has 0 spiro atoms. The summed E-state index contributed by atoms with van der Waals surface area (Å²) >= 11 is 0. The highest BCUT2D eigenvalue weighted by Crippen LogP contribution is 2.29. The van der Waals surface area contributed by atoms with Crippen molar-refractivity contribution in [1.82, 2.24) is 4.90 Å². The quantitative estimate of drug-likeness (QED) is 0.886. The van der Waals surface area contributed by atoms with E-state index in [9.17, 15) is 9.90 Å². The van der Waals surface area contributed by atoms with Crippen LogP contribution >= 0.6 is 0 Å². The van der Waals surface area contributed by atoms with Crippen LogP contribution in [0.5, 0.6) is 0 Å². The number of likely N-dealkylation sites (tertiary alicyclic amines) is 1. The molecular weight excluding hydrogens is 280 g/mol. The number of amides is 1. The monoisotopic (exact) mass is 304 g/mol. The first-order valence-electron chi connectivity index (χ1n) is 7.96. The molecule has 120 valence electrons. The molecule has 1 amide bonds. The van der Waals surface area contributed by atoms with E-state index in [2.05, 4.69) is 16.3 Å². The summed E-state index contributed by atoms with van der Waals surface area (Å²) in [5.41, 5.74) is 1.71. The Hall–Kier alpha value is -1.43. The van der Waals surface area contributed by atoms with Crippen LogP contribution in [0.15, 0.2) is 24.3 Å². The molecule has 0 aromatic heterocycles. The first-order valence-corrected chi connectivity index (χ1v) is 7.96. The lowest BCUT2D eigenvalue weighted by Gasteiger charge is -2.42. The molecule has 1 saturated heterocycles. The van der Waals surface area contributed by atoms with Crippen LogP contribution in [0.3, 0.4) is 0 Å². The maximum atomic E-state index is 12.5. The van der Waals surface area contributed by atoms with E-state index >= 15 is 0 Å². The molecule has 3 rings (SSSR count). The molecule has 2 N–H and O–H groups in total. The number of fused-ring (bicyclic) bond motifs is 1. The van der Waals surface area contributed by atoms with Gasteiger partial charge < -0.3 is 15.2 Å². The zero-order valence-electron chi connectivity index (χ0n) is 13.0. The molecule has 2 aliphatic rings. The van der Waals surface area contributed by atoms with Gasteiger partial charge in [-0.2, -0.15) is 0 Å². The van der Waals surface area contributed by atoms with Crippen molar-refractivity contribution in [2.24, 2.45) is 0 Å². The van der Waals surface area contributed by atoms with Crippen LogP contribution in [-0.4, -0.2) is 54.4 Å². The summed E-state index contributed by atoms with van der Waals surface area (Å²) in [6.07, 6.45) is 3.26. The van der Waals surface area contributed by atoms with Crippen molar-refractivity contribution in [2.45, 2.75) is 37.3 Å². The molecule has 0 radical (unpaired) electrons. The van der Waals surface area contributed by atoms with E-state index in [-0.39, 0.29) is 18.6 Å². The second-order valence-electron chi connectivity index (χ2n) is 6.28. The molecule has 1 atom stereocenters. The molecule has 5 nitrogen and oxygen atoms in total. The van der Waals surface area contributed by atoms with E-state index in [1.54, 1.807) is 7.11 Å². The molecule has 0 saturated carbocycles. The largest absolute Gasteiger partial charge is 0.393 e. The number of piperidine rings is 1. The van der Waals surface area contributed by atoms with Crippen LogP contribution < -0.4 is 5.32 Å². The number of aliphatic hydroxyl groups is 1. The second kappa shape index (κ2) is 6.36. The van der Waals surface area contributed by atoms with Crippen molar-refractivity contribution >= 4 is 11.6 Å². The molecule has 22 heavy (non-hydrogen) atoms. The Labute approximate surface area is 131 Å². The number of carbonyl (C=O) groups is 1. The van der Waals surface area contributed by atoms with Crippen molar-refractivity contribution in [2.75, 3.05) is 32.1 Å². The third-order valence-electron chi connectivity index (χ3n) is 5.14. The van der Waals surface area contributed by atoms with Gasteiger partial charge in [-0.05, 0) is 37.3 Å². The van der Waals surface area contributed by atoms with Gasteiger partial charge in [-0.3, -0.25) is 9.69 Å². The maximum Gasteiger partial charge on any atom is 0.241 e. The third kappa shape index (κ3) is 2.89. The lowest BCUT2D eigenvalue weighted by Crippen LogP contribution is -2.53. The molecule has 2 aliphatic heterocycles. The molecular formula is C17H24N2O3. The first-order chi connectivity index (χ1) is 10.7. The molecule has 1 unspecified atom stereocenters. The highest BCUT2D eigenvalue weighted by atomic mass is 16.5. The molecule has 0 aliphatic carbocycles. The van der Waals surface area contributed by atoms with E-state index in [0.29, 0.717) is 0 Å². The number of nitrogens with zero attached hydrogens (tertiary/aromatic N) is 1. The highest BCUT2D eigenvalue weighted by molar-refractivity contribution is 5.96. The van der Waals surface area contributed by atoms with Crippen molar-refractivity contribution in [3.63, 3.8) is 0 Å². The number of carbonyl (C=O) groups excluding carboxylic acids is 1. The Morgan fingerprint density at radius 2 is 2.09 bits per heavy atom. The van der Waals surface area contributed by atoms with E-state index in [1.165, 1.54) is 5.56 Å². The number of aliphatic hydroxyl groups excluding tert-OH is 1. The van der Waals surface area contributed by atoms with Gasteiger partial charge in [0.1, 0.15) is 0 Å². The average molecular weight is 304 g/mol. The van der Waals surface area contributed by atoms with Gasteiger partial charge in [-0.15, -0.1) is 0 Å². The van der Waals surface area contributed by atoms with Crippen molar-refractivity contribution in [1.29, 1.82) is 0 Å². The fraction of sp³-hybridized carbons (Fsp3) is 0.588. The van der Waals surface area contributed by atoms with Gasteiger partial charge >= 0.3 is 0 Å². The maximum absolute atomic E-state index is 12.5. The topological polar surface area (TPSA) is 61.8 Å². The van der Waals surface area contributed by atoms with Crippen molar-refractivity contribution < 1.29 is 14.6 Å². The Kier molecular flexibility index (Phi) is 4.47. The van der Waals surface area contributed by atoms with Crippen LogP contribution in [0, 0.1) is 0 Å². The van der Waals surface area contributed by atoms with Gasteiger partial charge in [0.05, 0.1) is 18.2 Å². The van der Waals surface area contributed by atoms with E-state index in [1.807, 2.05) is 18.2 Å². The number of hydrogen-bond acceptors (Lipinski definition) is 4. The van der Waals surface area contributed by atoms with E-state index in [0.717, 1.165) is 44.5 Å². The number of rotatable bonds is 3. The molecule has 2 heterocycles. The van der Waals surface area contributed by atoms with Gasteiger partial charge in [-0.1, -0.05) is 18.2 Å². The molecule has 0 bridgehead atoms. The minimum Gasteiger partial charge on any atom is -0.393 e. The predicted molar refractivity (Wildman–Crippen MR) is 84.8 cm³/mol. The second-order valence-corrected chi connectivity index (χ2v) is 6.28. The zero-order valence-corrected chi connectivity index (χ0v) is 13.0. The normalized spacial score (nSPS) is 25.2. The van der Waals surface area contributed by atoms with Crippen LogP contribution in [0.25, 0.3) is 0 Å². The van der Waals surface area contributed by atoms with Gasteiger partial charge in [0.25, 0.3) is 0 Å². The Balaban J connectivity index is 1.68. The third-order valence-corrected chi connectivity index (χ3v) is 5.14. The Bertz CT molecular complexity index is 532. The minimum atomic E-state index is -0.430. The summed E-state index contributed by atoms with van der Waals surface area (Å²) in [6.45, 7) is 1.60. The van der Waals surface area contributed by atoms with Crippen molar-refractivity contribution in [3.05, 3.63) is 29.8 Å². The van der Waals surface area contributed by atoms with Crippen LogP contribution in [0.1, 0.15) is 24.8 Å². The number of benzene rings is 1. The summed E-state index contributed by atoms with van der Waals surface area (Å²) in [7, 11) is 1.65. The van der Waals surface area contributed by atoms with E-state index in [4.69, 9.17) is 4.74 Å². The smallest absolute Gasteiger partial charge is 0.241 e. The fourth-order valence-corrected chi connectivity index (χ4v) is 3.52. The Morgan fingerprint density at radius 1 is 1.36 bits per heavy atom. The van der Waals surface area contributed by atoms with Gasteiger partial charge in [0, 0.05) is 25.9 Å². The Morgan fingerprint density at radius 3 is 2.77 bits per heavy atom. The minimum absolute atomic E-state index is 0.0413. The van der Waals surface area contributed by atoms with Crippen molar-refractivity contribution in [3.8, 4) is 0 Å². The first kappa shape index (κ1) is 15.5. The number of ether oxygens (including phenoxy) is 1. The fourth-order valence-electron chi connectivity index (χ4n) is 3.52. The highest BCUT2D eigenvalue weighted by Gasteiger charge is 2.38. The molecule has 1 aromatic rings. The number of aryl methyl sites for hydroxylation is 1. The summed E-state index contributed by atoms with van der Waals surface area (Å²) in [4.78, 5) is 14.8. The number of methoxy groups -OCH3 is 1. The lowest BCUT2D eigenvalue weighted by atomic mass is 9.90. The molecule has 1 fully saturated rings. The SMILES string of the molecule is COC1(CO)CCN(C2CCc3ccccc3NC2=O)CC1. The zero-order chi connectivity index (χ0) is 15.6. The number of anilines is 1.